The average molecular weight is 495 g/mol. The summed E-state index contributed by atoms with van der Waals surface area (Å²) < 4.78 is 41.3. The Balaban J connectivity index is 1.45. The molecule has 11 heteroatoms. The minimum absolute atomic E-state index is 0.00469. The molecule has 176 valence electrons. The summed E-state index contributed by atoms with van der Waals surface area (Å²) in [5.74, 6) is -1.19. The van der Waals surface area contributed by atoms with Gasteiger partial charge in [0, 0.05) is 25.3 Å². The van der Waals surface area contributed by atoms with Crippen LogP contribution in [-0.4, -0.2) is 50.9 Å². The molecule has 3 amide bonds. The standard InChI is InChI=1S/C22H24ClFN4O4S/c1-14(21(29)25-19-6-4-16(24)13-18(19)23)26-33(31,32)17-5-7-20-15(12-17)8-11-28(20)22(30)27-9-2-3-10-27/h4-7,12-14,26H,2-3,8-11H2,1H3,(H,25,29)/t14-/m1/s1. The molecule has 2 aromatic rings. The van der Waals surface area contributed by atoms with E-state index < -0.39 is 27.8 Å². The third kappa shape index (κ3) is 4.97. The van der Waals surface area contributed by atoms with Crippen LogP contribution in [0.3, 0.4) is 0 Å². The van der Waals surface area contributed by atoms with E-state index in [4.69, 9.17) is 11.6 Å². The Labute approximate surface area is 196 Å². The Kier molecular flexibility index (Phi) is 6.60. The van der Waals surface area contributed by atoms with Gasteiger partial charge in [0.1, 0.15) is 5.82 Å². The molecule has 8 nitrogen and oxygen atoms in total. The van der Waals surface area contributed by atoms with Crippen molar-refractivity contribution >= 4 is 44.9 Å². The van der Waals surface area contributed by atoms with Gasteiger partial charge in [0.05, 0.1) is 21.6 Å². The van der Waals surface area contributed by atoms with Crippen LogP contribution in [-0.2, 0) is 21.2 Å². The smallest absolute Gasteiger partial charge is 0.324 e. The van der Waals surface area contributed by atoms with E-state index >= 15 is 0 Å². The zero-order valence-corrected chi connectivity index (χ0v) is 19.5. The van der Waals surface area contributed by atoms with Crippen molar-refractivity contribution in [2.45, 2.75) is 37.1 Å². The molecule has 0 radical (unpaired) electrons. The molecule has 1 saturated heterocycles. The Morgan fingerprint density at radius 1 is 1.09 bits per heavy atom. The van der Waals surface area contributed by atoms with E-state index in [9.17, 15) is 22.4 Å². The van der Waals surface area contributed by atoms with Crippen molar-refractivity contribution in [1.82, 2.24) is 9.62 Å². The summed E-state index contributed by atoms with van der Waals surface area (Å²) in [5.41, 5.74) is 1.65. The maximum Gasteiger partial charge on any atom is 0.324 e. The number of hydrogen-bond acceptors (Lipinski definition) is 4. The number of carbonyl (C=O) groups is 2. The lowest BCUT2D eigenvalue weighted by Crippen LogP contribution is -2.41. The molecule has 2 aliphatic heterocycles. The molecule has 33 heavy (non-hydrogen) atoms. The number of hydrogen-bond donors (Lipinski definition) is 2. The molecule has 0 unspecified atom stereocenters. The molecular weight excluding hydrogens is 471 g/mol. The highest BCUT2D eigenvalue weighted by atomic mass is 35.5. The summed E-state index contributed by atoms with van der Waals surface area (Å²) in [5, 5.41) is 2.49. The second-order valence-corrected chi connectivity index (χ2v) is 10.2. The number of urea groups is 1. The van der Waals surface area contributed by atoms with Crippen LogP contribution in [0.15, 0.2) is 41.3 Å². The van der Waals surface area contributed by atoms with Crippen molar-refractivity contribution in [2.75, 3.05) is 29.9 Å². The lowest BCUT2D eigenvalue weighted by molar-refractivity contribution is -0.117. The minimum Gasteiger partial charge on any atom is -0.324 e. The van der Waals surface area contributed by atoms with Gasteiger partial charge >= 0.3 is 6.03 Å². The molecule has 4 rings (SSSR count). The molecular formula is C22H24ClFN4O4S. The molecule has 1 fully saturated rings. The van der Waals surface area contributed by atoms with E-state index in [1.165, 1.54) is 25.1 Å². The third-order valence-electron chi connectivity index (χ3n) is 5.78. The van der Waals surface area contributed by atoms with Gasteiger partial charge in [-0.2, -0.15) is 4.72 Å². The SMILES string of the molecule is C[C@@H](NS(=O)(=O)c1ccc2c(c1)CCN2C(=O)N1CCCC1)C(=O)Nc1ccc(F)cc1Cl. The maximum atomic E-state index is 13.2. The van der Waals surface area contributed by atoms with Crippen molar-refractivity contribution in [3.05, 3.63) is 52.8 Å². The predicted molar refractivity (Wildman–Crippen MR) is 124 cm³/mol. The summed E-state index contributed by atoms with van der Waals surface area (Å²) >= 11 is 5.91. The molecule has 0 saturated carbocycles. The first-order chi connectivity index (χ1) is 15.7. The van der Waals surface area contributed by atoms with E-state index in [0.29, 0.717) is 18.7 Å². The first-order valence-corrected chi connectivity index (χ1v) is 12.5. The fraction of sp³-hybridized carbons (Fsp3) is 0.364. The van der Waals surface area contributed by atoms with E-state index in [1.54, 1.807) is 11.0 Å². The minimum atomic E-state index is -4.01. The van der Waals surface area contributed by atoms with Crippen molar-refractivity contribution in [1.29, 1.82) is 0 Å². The van der Waals surface area contributed by atoms with Gasteiger partial charge < -0.3 is 10.2 Å². The van der Waals surface area contributed by atoms with Crippen molar-refractivity contribution in [3.8, 4) is 0 Å². The first kappa shape index (κ1) is 23.5. The van der Waals surface area contributed by atoms with E-state index in [-0.39, 0.29) is 21.6 Å². The van der Waals surface area contributed by atoms with Crippen LogP contribution in [0.4, 0.5) is 20.6 Å². The molecule has 0 spiro atoms. The molecule has 1 atom stereocenters. The summed E-state index contributed by atoms with van der Waals surface area (Å²) in [6.45, 7) is 3.38. The summed E-state index contributed by atoms with van der Waals surface area (Å²) in [7, 11) is -4.01. The Bertz CT molecular complexity index is 1200. The van der Waals surface area contributed by atoms with Crippen LogP contribution in [0.2, 0.25) is 5.02 Å². The van der Waals surface area contributed by atoms with Gasteiger partial charge in [0.25, 0.3) is 0 Å². The fourth-order valence-electron chi connectivity index (χ4n) is 4.01. The fourth-order valence-corrected chi connectivity index (χ4v) is 5.48. The predicted octanol–water partition coefficient (Wildman–Crippen LogP) is 3.36. The van der Waals surface area contributed by atoms with Crippen LogP contribution >= 0.6 is 11.6 Å². The van der Waals surface area contributed by atoms with Gasteiger partial charge in [0.15, 0.2) is 0 Å². The second kappa shape index (κ2) is 9.28. The number of nitrogens with zero attached hydrogens (tertiary/aromatic N) is 2. The van der Waals surface area contributed by atoms with Crippen LogP contribution in [0, 0.1) is 5.82 Å². The van der Waals surface area contributed by atoms with E-state index in [0.717, 1.165) is 43.6 Å². The molecule has 0 aliphatic carbocycles. The monoisotopic (exact) mass is 494 g/mol. The zero-order chi connectivity index (χ0) is 23.8. The molecule has 2 aromatic carbocycles. The number of likely N-dealkylation sites (tertiary alicyclic amines) is 1. The van der Waals surface area contributed by atoms with Crippen LogP contribution in [0.25, 0.3) is 0 Å². The molecule has 0 bridgehead atoms. The molecule has 2 heterocycles. The maximum absolute atomic E-state index is 13.2. The van der Waals surface area contributed by atoms with Gasteiger partial charge in [0.2, 0.25) is 15.9 Å². The number of benzene rings is 2. The van der Waals surface area contributed by atoms with Gasteiger partial charge in [-0.25, -0.2) is 17.6 Å². The van der Waals surface area contributed by atoms with Gasteiger partial charge in [-0.1, -0.05) is 11.6 Å². The summed E-state index contributed by atoms with van der Waals surface area (Å²) in [6.07, 6.45) is 2.54. The Morgan fingerprint density at radius 2 is 1.82 bits per heavy atom. The highest BCUT2D eigenvalue weighted by molar-refractivity contribution is 7.89. The normalized spacial score (nSPS) is 16.6. The molecule has 2 aliphatic rings. The second-order valence-electron chi connectivity index (χ2n) is 8.13. The van der Waals surface area contributed by atoms with Crippen molar-refractivity contribution in [2.24, 2.45) is 0 Å². The number of nitrogens with one attached hydrogen (secondary N) is 2. The average Bonchev–Trinajstić information content (AvgIpc) is 3.44. The number of amides is 3. The number of carbonyl (C=O) groups excluding carboxylic acids is 2. The van der Waals surface area contributed by atoms with Crippen LogP contribution in [0.1, 0.15) is 25.3 Å². The number of anilines is 2. The molecule has 2 N–H and O–H groups in total. The third-order valence-corrected chi connectivity index (χ3v) is 7.63. The Morgan fingerprint density at radius 3 is 2.52 bits per heavy atom. The van der Waals surface area contributed by atoms with E-state index in [2.05, 4.69) is 10.0 Å². The number of halogens is 2. The largest absolute Gasteiger partial charge is 0.324 e. The first-order valence-electron chi connectivity index (χ1n) is 10.6. The van der Waals surface area contributed by atoms with Crippen LogP contribution < -0.4 is 14.9 Å². The van der Waals surface area contributed by atoms with Gasteiger partial charge in [-0.05, 0) is 68.1 Å². The number of rotatable bonds is 5. The van der Waals surface area contributed by atoms with Gasteiger partial charge in [-0.3, -0.25) is 9.69 Å². The number of sulfonamides is 1. The summed E-state index contributed by atoms with van der Waals surface area (Å²) in [6, 6.07) is 6.92. The number of fused-ring (bicyclic) bond motifs is 1. The quantitative estimate of drug-likeness (QED) is 0.665. The van der Waals surface area contributed by atoms with E-state index in [1.807, 2.05) is 4.90 Å². The Hall–Kier alpha value is -2.69. The highest BCUT2D eigenvalue weighted by Gasteiger charge is 2.31. The van der Waals surface area contributed by atoms with Crippen LogP contribution in [0.5, 0.6) is 0 Å². The van der Waals surface area contributed by atoms with Gasteiger partial charge in [-0.15, -0.1) is 0 Å². The zero-order valence-electron chi connectivity index (χ0n) is 18.0. The lowest BCUT2D eigenvalue weighted by atomic mass is 10.2. The highest BCUT2D eigenvalue weighted by Crippen LogP contribution is 2.31. The van der Waals surface area contributed by atoms with Crippen molar-refractivity contribution in [3.63, 3.8) is 0 Å². The topological polar surface area (TPSA) is 98.8 Å². The van der Waals surface area contributed by atoms with Crippen molar-refractivity contribution < 1.29 is 22.4 Å². The molecule has 0 aromatic heterocycles. The summed E-state index contributed by atoms with van der Waals surface area (Å²) in [4.78, 5) is 28.7. The lowest BCUT2D eigenvalue weighted by Gasteiger charge is -2.24.